The summed E-state index contributed by atoms with van der Waals surface area (Å²) in [6, 6.07) is 3.84. The standard InChI is InChI=1S/C12H10ClNO3/c1-16-12(15)9-5-6-4-8-7(2-3-14-8)10(13)11(6)17-9/h2-4,9,14H,5H2,1H3. The molecule has 0 fully saturated rings. The molecule has 1 aliphatic rings. The van der Waals surface area contributed by atoms with Crippen molar-refractivity contribution in [3.8, 4) is 5.75 Å². The molecule has 3 rings (SSSR count). The molecule has 5 heteroatoms. The van der Waals surface area contributed by atoms with Gasteiger partial charge in [-0.3, -0.25) is 0 Å². The number of benzene rings is 1. The first kappa shape index (κ1) is 10.5. The van der Waals surface area contributed by atoms with Gasteiger partial charge >= 0.3 is 5.97 Å². The highest BCUT2D eigenvalue weighted by Crippen LogP contribution is 2.41. The molecule has 2 aromatic rings. The number of carbonyl (C=O) groups is 1. The predicted molar refractivity (Wildman–Crippen MR) is 63.4 cm³/mol. The van der Waals surface area contributed by atoms with Gasteiger partial charge in [0.05, 0.1) is 12.1 Å². The van der Waals surface area contributed by atoms with Crippen molar-refractivity contribution < 1.29 is 14.3 Å². The van der Waals surface area contributed by atoms with Crippen molar-refractivity contribution in [3.05, 3.63) is 28.9 Å². The third-order valence-corrected chi connectivity index (χ3v) is 3.33. The van der Waals surface area contributed by atoms with Crippen LogP contribution in [0.25, 0.3) is 10.9 Å². The number of H-pyrrole nitrogens is 1. The normalized spacial score (nSPS) is 17.9. The second kappa shape index (κ2) is 3.67. The van der Waals surface area contributed by atoms with Crippen LogP contribution < -0.4 is 4.74 Å². The molecule has 1 aromatic heterocycles. The molecular weight excluding hydrogens is 242 g/mol. The third kappa shape index (κ3) is 1.48. The summed E-state index contributed by atoms with van der Waals surface area (Å²) in [5.41, 5.74) is 1.88. The summed E-state index contributed by atoms with van der Waals surface area (Å²) in [7, 11) is 1.35. The van der Waals surface area contributed by atoms with Crippen molar-refractivity contribution in [3.63, 3.8) is 0 Å². The third-order valence-electron chi connectivity index (χ3n) is 2.95. The second-order valence-corrected chi connectivity index (χ2v) is 4.33. The highest BCUT2D eigenvalue weighted by atomic mass is 35.5. The van der Waals surface area contributed by atoms with Crippen LogP contribution in [-0.4, -0.2) is 24.2 Å². The molecule has 4 nitrogen and oxygen atoms in total. The van der Waals surface area contributed by atoms with Crippen LogP contribution in [0.3, 0.4) is 0 Å². The van der Waals surface area contributed by atoms with E-state index in [2.05, 4.69) is 9.72 Å². The topological polar surface area (TPSA) is 51.3 Å². The van der Waals surface area contributed by atoms with Crippen molar-refractivity contribution in [1.82, 2.24) is 4.98 Å². The van der Waals surface area contributed by atoms with Crippen molar-refractivity contribution in [2.24, 2.45) is 0 Å². The number of rotatable bonds is 1. The number of hydrogen-bond donors (Lipinski definition) is 1. The van der Waals surface area contributed by atoms with E-state index in [1.54, 1.807) is 0 Å². The Kier molecular flexibility index (Phi) is 2.26. The number of methoxy groups -OCH3 is 1. The van der Waals surface area contributed by atoms with E-state index in [1.807, 2.05) is 18.3 Å². The smallest absolute Gasteiger partial charge is 0.347 e. The van der Waals surface area contributed by atoms with Crippen molar-refractivity contribution in [2.45, 2.75) is 12.5 Å². The Morgan fingerprint density at radius 3 is 3.24 bits per heavy atom. The molecule has 1 N–H and O–H groups in total. The highest BCUT2D eigenvalue weighted by Gasteiger charge is 2.32. The van der Waals surface area contributed by atoms with Crippen LogP contribution in [0.4, 0.5) is 0 Å². The van der Waals surface area contributed by atoms with E-state index in [1.165, 1.54) is 7.11 Å². The van der Waals surface area contributed by atoms with Crippen LogP contribution >= 0.6 is 11.6 Å². The van der Waals surface area contributed by atoms with Gasteiger partial charge in [-0.15, -0.1) is 0 Å². The fourth-order valence-corrected chi connectivity index (χ4v) is 2.45. The molecule has 0 aliphatic carbocycles. The maximum absolute atomic E-state index is 11.4. The minimum atomic E-state index is -0.584. The molecule has 0 amide bonds. The minimum Gasteiger partial charge on any atom is -0.476 e. The maximum atomic E-state index is 11.4. The zero-order valence-corrected chi connectivity index (χ0v) is 9.88. The van der Waals surface area contributed by atoms with Crippen molar-refractivity contribution in [2.75, 3.05) is 7.11 Å². The quantitative estimate of drug-likeness (QED) is 0.792. The van der Waals surface area contributed by atoms with Gasteiger partial charge in [0.25, 0.3) is 0 Å². The van der Waals surface area contributed by atoms with Crippen LogP contribution in [0.1, 0.15) is 5.56 Å². The Morgan fingerprint density at radius 2 is 2.47 bits per heavy atom. The first-order valence-corrected chi connectivity index (χ1v) is 5.61. The monoisotopic (exact) mass is 251 g/mol. The number of nitrogens with one attached hydrogen (secondary N) is 1. The lowest BCUT2D eigenvalue weighted by Crippen LogP contribution is -2.26. The molecular formula is C12H10ClNO3. The van der Waals surface area contributed by atoms with E-state index >= 15 is 0 Å². The van der Waals surface area contributed by atoms with Gasteiger partial charge in [-0.1, -0.05) is 11.6 Å². The van der Waals surface area contributed by atoms with Crippen molar-refractivity contribution in [1.29, 1.82) is 0 Å². The molecule has 0 saturated heterocycles. The van der Waals surface area contributed by atoms with Crippen LogP contribution in [0.2, 0.25) is 5.02 Å². The molecule has 1 aromatic carbocycles. The van der Waals surface area contributed by atoms with E-state index in [9.17, 15) is 4.79 Å². The average Bonchev–Trinajstić information content (AvgIpc) is 2.94. The summed E-state index contributed by atoms with van der Waals surface area (Å²) in [6.07, 6.45) is 1.74. The number of aromatic amines is 1. The number of aromatic nitrogens is 1. The molecule has 2 heterocycles. The van der Waals surface area contributed by atoms with E-state index < -0.39 is 6.10 Å². The number of fused-ring (bicyclic) bond motifs is 2. The van der Waals surface area contributed by atoms with Crippen LogP contribution in [-0.2, 0) is 16.0 Å². The molecule has 0 saturated carbocycles. The van der Waals surface area contributed by atoms with E-state index in [-0.39, 0.29) is 5.97 Å². The fourth-order valence-electron chi connectivity index (χ4n) is 2.12. The maximum Gasteiger partial charge on any atom is 0.347 e. The summed E-state index contributed by atoms with van der Waals surface area (Å²) in [4.78, 5) is 14.5. The van der Waals surface area contributed by atoms with Gasteiger partial charge in [0.1, 0.15) is 5.75 Å². The van der Waals surface area contributed by atoms with Crippen LogP contribution in [0, 0.1) is 0 Å². The Labute approximate surface area is 102 Å². The average molecular weight is 252 g/mol. The summed E-state index contributed by atoms with van der Waals surface area (Å²) < 4.78 is 10.2. The molecule has 0 spiro atoms. The van der Waals surface area contributed by atoms with Gasteiger partial charge in [-0.2, -0.15) is 0 Å². The molecule has 1 aliphatic heterocycles. The van der Waals surface area contributed by atoms with E-state index in [0.29, 0.717) is 17.2 Å². The summed E-state index contributed by atoms with van der Waals surface area (Å²) in [5, 5.41) is 1.45. The molecule has 17 heavy (non-hydrogen) atoms. The van der Waals surface area contributed by atoms with Crippen LogP contribution in [0.5, 0.6) is 5.75 Å². The Bertz CT molecular complexity index is 605. The zero-order chi connectivity index (χ0) is 12.0. The number of ether oxygens (including phenoxy) is 2. The first-order valence-electron chi connectivity index (χ1n) is 5.23. The Balaban J connectivity index is 2.08. The number of hydrogen-bond acceptors (Lipinski definition) is 3. The number of esters is 1. The largest absolute Gasteiger partial charge is 0.476 e. The lowest BCUT2D eigenvalue weighted by molar-refractivity contribution is -0.147. The molecule has 88 valence electrons. The number of carbonyl (C=O) groups excluding carboxylic acids is 1. The van der Waals surface area contributed by atoms with Crippen LogP contribution in [0.15, 0.2) is 18.3 Å². The Hall–Kier alpha value is -1.68. The molecule has 0 radical (unpaired) electrons. The summed E-state index contributed by atoms with van der Waals surface area (Å²) in [5.74, 6) is 0.218. The van der Waals surface area contributed by atoms with Gasteiger partial charge in [0, 0.05) is 29.1 Å². The van der Waals surface area contributed by atoms with E-state index in [4.69, 9.17) is 16.3 Å². The lowest BCUT2D eigenvalue weighted by Gasteiger charge is -2.08. The fraction of sp³-hybridized carbons (Fsp3) is 0.250. The number of halogens is 1. The van der Waals surface area contributed by atoms with E-state index in [0.717, 1.165) is 16.5 Å². The minimum absolute atomic E-state index is 0.374. The summed E-state index contributed by atoms with van der Waals surface area (Å²) >= 11 is 6.24. The first-order chi connectivity index (χ1) is 8.20. The van der Waals surface area contributed by atoms with Gasteiger partial charge in [0.15, 0.2) is 6.10 Å². The van der Waals surface area contributed by atoms with Gasteiger partial charge in [0.2, 0.25) is 0 Å². The zero-order valence-electron chi connectivity index (χ0n) is 9.12. The SMILES string of the molecule is COC(=O)C1Cc2cc3[nH]ccc3c(Cl)c2O1. The van der Waals surface area contributed by atoms with Gasteiger partial charge in [-0.25, -0.2) is 4.79 Å². The van der Waals surface area contributed by atoms with Gasteiger partial charge in [-0.05, 0) is 12.1 Å². The Morgan fingerprint density at radius 1 is 1.65 bits per heavy atom. The summed E-state index contributed by atoms with van der Waals surface area (Å²) in [6.45, 7) is 0. The van der Waals surface area contributed by atoms with Crippen molar-refractivity contribution >= 4 is 28.5 Å². The molecule has 0 bridgehead atoms. The van der Waals surface area contributed by atoms with Gasteiger partial charge < -0.3 is 14.5 Å². The second-order valence-electron chi connectivity index (χ2n) is 3.95. The highest BCUT2D eigenvalue weighted by molar-refractivity contribution is 6.37. The lowest BCUT2D eigenvalue weighted by atomic mass is 10.1. The predicted octanol–water partition coefficient (Wildman–Crippen LogP) is 2.30. The molecule has 1 atom stereocenters. The molecule has 1 unspecified atom stereocenters.